The SMILES string of the molecule is COc1ccc(C(C)NC(=O)c2cccc(I)c2)c(OC)c1. The van der Waals surface area contributed by atoms with Gasteiger partial charge in [-0.1, -0.05) is 6.07 Å². The van der Waals surface area contributed by atoms with Crippen molar-refractivity contribution in [3.05, 3.63) is 57.2 Å². The molecule has 0 saturated heterocycles. The summed E-state index contributed by atoms with van der Waals surface area (Å²) in [7, 11) is 3.21. The highest BCUT2D eigenvalue weighted by Gasteiger charge is 2.16. The second-order valence-corrected chi connectivity index (χ2v) is 6.06. The smallest absolute Gasteiger partial charge is 0.251 e. The summed E-state index contributed by atoms with van der Waals surface area (Å²) in [4.78, 5) is 12.3. The van der Waals surface area contributed by atoms with Crippen LogP contribution >= 0.6 is 22.6 Å². The van der Waals surface area contributed by atoms with Crippen LogP contribution in [0, 0.1) is 3.57 Å². The highest BCUT2D eigenvalue weighted by molar-refractivity contribution is 14.1. The number of rotatable bonds is 5. The van der Waals surface area contributed by atoms with Crippen molar-refractivity contribution >= 4 is 28.5 Å². The number of methoxy groups -OCH3 is 2. The van der Waals surface area contributed by atoms with Crippen LogP contribution in [0.15, 0.2) is 42.5 Å². The van der Waals surface area contributed by atoms with E-state index in [0.29, 0.717) is 11.3 Å². The predicted octanol–water partition coefficient (Wildman–Crippen LogP) is 3.80. The van der Waals surface area contributed by atoms with Crippen LogP contribution in [0.1, 0.15) is 28.9 Å². The lowest BCUT2D eigenvalue weighted by Crippen LogP contribution is -2.27. The number of halogens is 1. The molecule has 0 aliphatic rings. The van der Waals surface area contributed by atoms with E-state index in [1.165, 1.54) is 0 Å². The molecule has 5 heteroatoms. The van der Waals surface area contributed by atoms with Gasteiger partial charge in [0.05, 0.1) is 20.3 Å². The first-order valence-corrected chi connectivity index (χ1v) is 7.91. The number of hydrogen-bond acceptors (Lipinski definition) is 3. The van der Waals surface area contributed by atoms with E-state index in [1.807, 2.05) is 43.3 Å². The van der Waals surface area contributed by atoms with E-state index in [0.717, 1.165) is 14.9 Å². The van der Waals surface area contributed by atoms with Crippen LogP contribution in [0.5, 0.6) is 11.5 Å². The molecule has 0 heterocycles. The topological polar surface area (TPSA) is 47.6 Å². The Morgan fingerprint density at radius 2 is 1.91 bits per heavy atom. The van der Waals surface area contributed by atoms with Crippen molar-refractivity contribution in [2.45, 2.75) is 13.0 Å². The molecule has 0 saturated carbocycles. The van der Waals surface area contributed by atoms with E-state index in [4.69, 9.17) is 9.47 Å². The first-order chi connectivity index (χ1) is 10.5. The quantitative estimate of drug-likeness (QED) is 0.762. The van der Waals surface area contributed by atoms with Crippen LogP contribution in [0.3, 0.4) is 0 Å². The lowest BCUT2D eigenvalue weighted by atomic mass is 10.1. The van der Waals surface area contributed by atoms with Gasteiger partial charge in [-0.05, 0) is 59.8 Å². The fourth-order valence-corrected chi connectivity index (χ4v) is 2.71. The minimum atomic E-state index is -0.175. The molecule has 0 aliphatic carbocycles. The Morgan fingerprint density at radius 1 is 1.14 bits per heavy atom. The van der Waals surface area contributed by atoms with Crippen LogP contribution in [0.4, 0.5) is 0 Å². The van der Waals surface area contributed by atoms with E-state index in [-0.39, 0.29) is 11.9 Å². The van der Waals surface area contributed by atoms with Gasteiger partial charge < -0.3 is 14.8 Å². The second kappa shape index (κ2) is 7.49. The summed E-state index contributed by atoms with van der Waals surface area (Å²) in [5.74, 6) is 1.30. The number of carbonyl (C=O) groups excluding carboxylic acids is 1. The maximum Gasteiger partial charge on any atom is 0.251 e. The lowest BCUT2D eigenvalue weighted by molar-refractivity contribution is 0.0939. The summed E-state index contributed by atoms with van der Waals surface area (Å²) < 4.78 is 11.6. The molecule has 1 unspecified atom stereocenters. The van der Waals surface area contributed by atoms with Gasteiger partial charge in [-0.25, -0.2) is 0 Å². The molecule has 1 atom stereocenters. The molecule has 0 aromatic heterocycles. The molecule has 22 heavy (non-hydrogen) atoms. The number of ether oxygens (including phenoxy) is 2. The Bertz CT molecular complexity index is 673. The third-order valence-corrected chi connectivity index (χ3v) is 4.01. The van der Waals surface area contributed by atoms with Crippen molar-refractivity contribution in [1.29, 1.82) is 0 Å². The van der Waals surface area contributed by atoms with Crippen molar-refractivity contribution in [2.24, 2.45) is 0 Å². The van der Waals surface area contributed by atoms with Crippen molar-refractivity contribution in [3.63, 3.8) is 0 Å². The monoisotopic (exact) mass is 411 g/mol. The van der Waals surface area contributed by atoms with Crippen molar-refractivity contribution < 1.29 is 14.3 Å². The number of carbonyl (C=O) groups is 1. The van der Waals surface area contributed by atoms with Crippen molar-refractivity contribution in [1.82, 2.24) is 5.32 Å². The maximum atomic E-state index is 12.3. The van der Waals surface area contributed by atoms with Gasteiger partial charge >= 0.3 is 0 Å². The zero-order valence-corrected chi connectivity index (χ0v) is 14.9. The highest BCUT2D eigenvalue weighted by Crippen LogP contribution is 2.29. The number of nitrogens with one attached hydrogen (secondary N) is 1. The first kappa shape index (κ1) is 16.6. The van der Waals surface area contributed by atoms with Gasteiger partial charge in [-0.15, -0.1) is 0 Å². The van der Waals surface area contributed by atoms with E-state index in [2.05, 4.69) is 27.9 Å². The third kappa shape index (κ3) is 3.91. The minimum Gasteiger partial charge on any atom is -0.497 e. The molecule has 2 aromatic carbocycles. The van der Waals surface area contributed by atoms with Gasteiger partial charge in [0.15, 0.2) is 0 Å². The molecule has 0 aliphatic heterocycles. The molecular weight excluding hydrogens is 393 g/mol. The molecule has 2 aromatic rings. The summed E-state index contributed by atoms with van der Waals surface area (Å²) in [6.07, 6.45) is 0. The van der Waals surface area contributed by atoms with Gasteiger partial charge in [-0.3, -0.25) is 4.79 Å². The summed E-state index contributed by atoms with van der Waals surface area (Å²) in [6, 6.07) is 12.9. The van der Waals surface area contributed by atoms with Gasteiger partial charge in [0, 0.05) is 20.8 Å². The molecule has 116 valence electrons. The zero-order valence-electron chi connectivity index (χ0n) is 12.7. The molecule has 4 nitrogen and oxygen atoms in total. The van der Waals surface area contributed by atoms with Gasteiger partial charge in [0.25, 0.3) is 5.91 Å². The average molecular weight is 411 g/mol. The van der Waals surface area contributed by atoms with E-state index in [9.17, 15) is 4.79 Å². The van der Waals surface area contributed by atoms with Crippen LogP contribution in [0.25, 0.3) is 0 Å². The molecular formula is C17H18INO3. The fraction of sp³-hybridized carbons (Fsp3) is 0.235. The lowest BCUT2D eigenvalue weighted by Gasteiger charge is -2.18. The molecule has 0 fully saturated rings. The first-order valence-electron chi connectivity index (χ1n) is 6.83. The van der Waals surface area contributed by atoms with Crippen LogP contribution in [0.2, 0.25) is 0 Å². The summed E-state index contributed by atoms with van der Waals surface area (Å²) in [6.45, 7) is 1.93. The van der Waals surface area contributed by atoms with Crippen LogP contribution in [-0.2, 0) is 0 Å². The van der Waals surface area contributed by atoms with Gasteiger partial charge in [-0.2, -0.15) is 0 Å². The van der Waals surface area contributed by atoms with Gasteiger partial charge in [0.1, 0.15) is 11.5 Å². The average Bonchev–Trinajstić information content (AvgIpc) is 2.54. The Labute approximate surface area is 144 Å². The highest BCUT2D eigenvalue weighted by atomic mass is 127. The molecule has 0 spiro atoms. The van der Waals surface area contributed by atoms with Gasteiger partial charge in [0.2, 0.25) is 0 Å². The third-order valence-electron chi connectivity index (χ3n) is 3.34. The molecule has 0 bridgehead atoms. The Morgan fingerprint density at radius 3 is 2.55 bits per heavy atom. The predicted molar refractivity (Wildman–Crippen MR) is 94.6 cm³/mol. The minimum absolute atomic E-state index is 0.108. The van der Waals surface area contributed by atoms with Crippen LogP contribution < -0.4 is 14.8 Å². The van der Waals surface area contributed by atoms with Crippen LogP contribution in [-0.4, -0.2) is 20.1 Å². The second-order valence-electron chi connectivity index (χ2n) is 4.81. The Hall–Kier alpha value is -1.76. The van der Waals surface area contributed by atoms with E-state index >= 15 is 0 Å². The molecule has 1 N–H and O–H groups in total. The Kier molecular flexibility index (Phi) is 5.65. The van der Waals surface area contributed by atoms with Crippen molar-refractivity contribution in [2.75, 3.05) is 14.2 Å². The molecule has 1 amide bonds. The maximum absolute atomic E-state index is 12.3. The normalized spacial score (nSPS) is 11.6. The summed E-state index contributed by atoms with van der Waals surface area (Å²) in [5, 5.41) is 2.99. The Balaban J connectivity index is 2.18. The van der Waals surface area contributed by atoms with E-state index < -0.39 is 0 Å². The number of amides is 1. The standard InChI is InChI=1S/C17H18INO3/c1-11(15-8-7-14(21-2)10-16(15)22-3)19-17(20)12-5-4-6-13(18)9-12/h4-11H,1-3H3,(H,19,20). The number of benzene rings is 2. The largest absolute Gasteiger partial charge is 0.497 e. The van der Waals surface area contributed by atoms with Crippen molar-refractivity contribution in [3.8, 4) is 11.5 Å². The molecule has 0 radical (unpaired) electrons. The molecule has 2 rings (SSSR count). The summed E-state index contributed by atoms with van der Waals surface area (Å²) in [5.41, 5.74) is 1.55. The number of hydrogen-bond donors (Lipinski definition) is 1. The summed E-state index contributed by atoms with van der Waals surface area (Å²) >= 11 is 2.19. The van der Waals surface area contributed by atoms with E-state index in [1.54, 1.807) is 20.3 Å². The zero-order chi connectivity index (χ0) is 16.1. The fourth-order valence-electron chi connectivity index (χ4n) is 2.16.